The predicted molar refractivity (Wildman–Crippen MR) is 70.4 cm³/mol. The highest BCUT2D eigenvalue weighted by Crippen LogP contribution is 2.18. The van der Waals surface area contributed by atoms with Gasteiger partial charge in [0, 0.05) is 12.1 Å². The van der Waals surface area contributed by atoms with E-state index in [1.165, 1.54) is 0 Å². The number of carbonyl (C=O) groups is 1. The van der Waals surface area contributed by atoms with Crippen LogP contribution in [0.3, 0.4) is 0 Å². The third-order valence-electron chi connectivity index (χ3n) is 2.00. The summed E-state index contributed by atoms with van der Waals surface area (Å²) in [5.41, 5.74) is 6.17. The number of nitrogens with one attached hydrogen (secondary N) is 1. The SMILES string of the molecule is CC(C)Oc1ccccc1CNC(=O)CN.Cl. The van der Waals surface area contributed by atoms with Gasteiger partial charge >= 0.3 is 0 Å². The highest BCUT2D eigenvalue weighted by atomic mass is 35.5. The molecule has 0 saturated carbocycles. The molecule has 1 rings (SSSR count). The Hall–Kier alpha value is -1.26. The molecule has 0 spiro atoms. The summed E-state index contributed by atoms with van der Waals surface area (Å²) >= 11 is 0. The molecule has 1 aromatic rings. The van der Waals surface area contributed by atoms with E-state index in [2.05, 4.69) is 5.32 Å². The standard InChI is InChI=1S/C12H18N2O2.ClH/c1-9(2)16-11-6-4-3-5-10(11)8-14-12(15)7-13;/h3-6,9H,7-8,13H2,1-2H3,(H,14,15);1H. The van der Waals surface area contributed by atoms with Gasteiger partial charge in [0.25, 0.3) is 0 Å². The zero-order chi connectivity index (χ0) is 12.0. The number of hydrogen-bond donors (Lipinski definition) is 2. The zero-order valence-corrected chi connectivity index (χ0v) is 10.9. The second-order valence-corrected chi connectivity index (χ2v) is 3.76. The summed E-state index contributed by atoms with van der Waals surface area (Å²) in [6.45, 7) is 4.39. The van der Waals surface area contributed by atoms with Crippen LogP contribution in [-0.2, 0) is 11.3 Å². The van der Waals surface area contributed by atoms with E-state index in [-0.39, 0.29) is 31.0 Å². The maximum Gasteiger partial charge on any atom is 0.234 e. The van der Waals surface area contributed by atoms with Crippen LogP contribution in [-0.4, -0.2) is 18.6 Å². The van der Waals surface area contributed by atoms with Gasteiger partial charge in [-0.1, -0.05) is 18.2 Å². The van der Waals surface area contributed by atoms with Gasteiger partial charge in [-0.05, 0) is 19.9 Å². The second-order valence-electron chi connectivity index (χ2n) is 3.76. The fourth-order valence-electron chi connectivity index (χ4n) is 1.28. The average Bonchev–Trinajstić information content (AvgIpc) is 2.26. The summed E-state index contributed by atoms with van der Waals surface area (Å²) in [6, 6.07) is 7.64. The lowest BCUT2D eigenvalue weighted by molar-refractivity contribution is -0.119. The monoisotopic (exact) mass is 258 g/mol. The highest BCUT2D eigenvalue weighted by molar-refractivity contribution is 5.85. The number of halogens is 1. The second kappa shape index (κ2) is 7.92. The Morgan fingerprint density at radius 2 is 2.06 bits per heavy atom. The Balaban J connectivity index is 0.00000256. The first kappa shape index (κ1) is 15.7. The van der Waals surface area contributed by atoms with Crippen LogP contribution in [0.1, 0.15) is 19.4 Å². The smallest absolute Gasteiger partial charge is 0.234 e. The van der Waals surface area contributed by atoms with Crippen molar-refractivity contribution in [1.82, 2.24) is 5.32 Å². The van der Waals surface area contributed by atoms with E-state index < -0.39 is 0 Å². The molecule has 0 radical (unpaired) electrons. The fourth-order valence-corrected chi connectivity index (χ4v) is 1.28. The van der Waals surface area contributed by atoms with E-state index in [1.807, 2.05) is 38.1 Å². The molecular formula is C12H19ClN2O2. The molecule has 0 aliphatic heterocycles. The number of ether oxygens (including phenoxy) is 1. The van der Waals surface area contributed by atoms with E-state index in [9.17, 15) is 4.79 Å². The van der Waals surface area contributed by atoms with Crippen molar-refractivity contribution in [3.63, 3.8) is 0 Å². The van der Waals surface area contributed by atoms with Crippen molar-refractivity contribution in [2.24, 2.45) is 5.73 Å². The van der Waals surface area contributed by atoms with E-state index in [4.69, 9.17) is 10.5 Å². The van der Waals surface area contributed by atoms with Gasteiger partial charge in [0.15, 0.2) is 0 Å². The van der Waals surface area contributed by atoms with Crippen LogP contribution in [0.25, 0.3) is 0 Å². The Morgan fingerprint density at radius 1 is 1.41 bits per heavy atom. The number of carbonyl (C=O) groups excluding carboxylic acids is 1. The van der Waals surface area contributed by atoms with Gasteiger partial charge in [0.05, 0.1) is 12.6 Å². The molecule has 0 unspecified atom stereocenters. The lowest BCUT2D eigenvalue weighted by atomic mass is 10.2. The van der Waals surface area contributed by atoms with Crippen molar-refractivity contribution in [2.45, 2.75) is 26.5 Å². The molecule has 0 heterocycles. The van der Waals surface area contributed by atoms with Crippen LogP contribution in [0, 0.1) is 0 Å². The first-order valence-corrected chi connectivity index (χ1v) is 5.34. The molecule has 0 aromatic heterocycles. The van der Waals surface area contributed by atoms with Crippen LogP contribution < -0.4 is 15.8 Å². The number of hydrogen-bond acceptors (Lipinski definition) is 3. The van der Waals surface area contributed by atoms with E-state index >= 15 is 0 Å². The fraction of sp³-hybridized carbons (Fsp3) is 0.417. The Kier molecular flexibility index (Phi) is 7.34. The van der Waals surface area contributed by atoms with Gasteiger partial charge < -0.3 is 15.8 Å². The normalized spacial score (nSPS) is 9.65. The molecule has 0 aliphatic carbocycles. The van der Waals surface area contributed by atoms with Gasteiger partial charge in [-0.3, -0.25) is 4.79 Å². The van der Waals surface area contributed by atoms with E-state index in [0.717, 1.165) is 11.3 Å². The highest BCUT2D eigenvalue weighted by Gasteiger charge is 2.05. The number of para-hydroxylation sites is 1. The first-order valence-electron chi connectivity index (χ1n) is 5.34. The molecule has 4 nitrogen and oxygen atoms in total. The summed E-state index contributed by atoms with van der Waals surface area (Å²) in [4.78, 5) is 11.0. The van der Waals surface area contributed by atoms with Crippen LogP contribution >= 0.6 is 12.4 Å². The summed E-state index contributed by atoms with van der Waals surface area (Å²) in [5, 5.41) is 2.72. The molecule has 3 N–H and O–H groups in total. The molecule has 96 valence electrons. The minimum atomic E-state index is -0.167. The third-order valence-corrected chi connectivity index (χ3v) is 2.00. The van der Waals surface area contributed by atoms with Gasteiger partial charge in [-0.2, -0.15) is 0 Å². The molecular weight excluding hydrogens is 240 g/mol. The maximum atomic E-state index is 11.0. The number of benzene rings is 1. The van der Waals surface area contributed by atoms with Crippen LogP contribution in [0.4, 0.5) is 0 Å². The number of rotatable bonds is 5. The van der Waals surface area contributed by atoms with Crippen molar-refractivity contribution in [2.75, 3.05) is 6.54 Å². The van der Waals surface area contributed by atoms with E-state index in [1.54, 1.807) is 0 Å². The Bertz CT molecular complexity index is 356. The summed E-state index contributed by atoms with van der Waals surface area (Å²) in [7, 11) is 0. The molecule has 17 heavy (non-hydrogen) atoms. The van der Waals surface area contributed by atoms with Crippen LogP contribution in [0.2, 0.25) is 0 Å². The van der Waals surface area contributed by atoms with Crippen molar-refractivity contribution >= 4 is 18.3 Å². The molecule has 1 aromatic carbocycles. The van der Waals surface area contributed by atoms with Crippen molar-refractivity contribution in [3.05, 3.63) is 29.8 Å². The molecule has 0 atom stereocenters. The minimum Gasteiger partial charge on any atom is -0.491 e. The summed E-state index contributed by atoms with van der Waals surface area (Å²) < 4.78 is 5.63. The molecule has 0 saturated heterocycles. The lowest BCUT2D eigenvalue weighted by Gasteiger charge is -2.14. The van der Waals surface area contributed by atoms with Gasteiger partial charge in [0.1, 0.15) is 5.75 Å². The summed E-state index contributed by atoms with van der Waals surface area (Å²) in [6.07, 6.45) is 0.117. The largest absolute Gasteiger partial charge is 0.491 e. The van der Waals surface area contributed by atoms with Gasteiger partial charge in [0.2, 0.25) is 5.91 Å². The number of amides is 1. The van der Waals surface area contributed by atoms with Crippen molar-refractivity contribution < 1.29 is 9.53 Å². The third kappa shape index (κ3) is 5.56. The van der Waals surface area contributed by atoms with Crippen LogP contribution in [0.15, 0.2) is 24.3 Å². The van der Waals surface area contributed by atoms with Crippen molar-refractivity contribution in [3.8, 4) is 5.75 Å². The van der Waals surface area contributed by atoms with Crippen LogP contribution in [0.5, 0.6) is 5.75 Å². The predicted octanol–water partition coefficient (Wildman–Crippen LogP) is 1.47. The quantitative estimate of drug-likeness (QED) is 0.841. The molecule has 0 bridgehead atoms. The maximum absolute atomic E-state index is 11.0. The van der Waals surface area contributed by atoms with E-state index in [0.29, 0.717) is 6.54 Å². The Labute approximate surface area is 108 Å². The average molecular weight is 259 g/mol. The summed E-state index contributed by atoms with van der Waals surface area (Å²) in [5.74, 6) is 0.633. The topological polar surface area (TPSA) is 64.3 Å². The molecule has 1 amide bonds. The lowest BCUT2D eigenvalue weighted by Crippen LogP contribution is -2.29. The Morgan fingerprint density at radius 3 is 2.65 bits per heavy atom. The minimum absolute atomic E-state index is 0. The molecule has 0 aliphatic rings. The molecule has 0 fully saturated rings. The first-order chi connectivity index (χ1) is 7.63. The van der Waals surface area contributed by atoms with Gasteiger partial charge in [-0.15, -0.1) is 12.4 Å². The zero-order valence-electron chi connectivity index (χ0n) is 10.1. The van der Waals surface area contributed by atoms with Gasteiger partial charge in [-0.25, -0.2) is 0 Å². The van der Waals surface area contributed by atoms with Crippen molar-refractivity contribution in [1.29, 1.82) is 0 Å². The molecule has 5 heteroatoms. The number of nitrogens with two attached hydrogens (primary N) is 1.